The fourth-order valence-corrected chi connectivity index (χ4v) is 1.76. The minimum absolute atomic E-state index is 0. The molecule has 0 rings (SSSR count). The van der Waals surface area contributed by atoms with Crippen LogP contribution in [0, 0.1) is 5.92 Å². The Morgan fingerprint density at radius 1 is 0.769 bits per heavy atom. The summed E-state index contributed by atoms with van der Waals surface area (Å²) in [4.78, 5) is 22.9. The van der Waals surface area contributed by atoms with Crippen LogP contribution < -0.4 is 10.6 Å². The number of nitrogens with one attached hydrogen (secondary N) is 2. The number of hydrogen-bond donors (Lipinski definition) is 2. The van der Waals surface area contributed by atoms with Crippen LogP contribution in [-0.2, 0) is 23.7 Å². The second-order valence-electron chi connectivity index (χ2n) is 6.31. The summed E-state index contributed by atoms with van der Waals surface area (Å²) >= 11 is 0. The highest BCUT2D eigenvalue weighted by molar-refractivity contribution is 5.80. The summed E-state index contributed by atoms with van der Waals surface area (Å²) in [6.45, 7) is 11.8. The van der Waals surface area contributed by atoms with Gasteiger partial charge in [-0.25, -0.2) is 4.79 Å². The van der Waals surface area contributed by atoms with Crippen molar-refractivity contribution in [1.29, 1.82) is 0 Å². The molecular weight excluding hydrogens is 340 g/mol. The lowest BCUT2D eigenvalue weighted by Gasteiger charge is -2.10. The summed E-state index contributed by atoms with van der Waals surface area (Å²) in [6, 6.07) is -0.251. The van der Waals surface area contributed by atoms with E-state index in [1.807, 2.05) is 27.7 Å². The Hall–Kier alpha value is -1.22. The number of ether oxygens (including phenoxy) is 4. The number of rotatable bonds is 17. The molecule has 2 amide bonds. The van der Waals surface area contributed by atoms with Crippen molar-refractivity contribution < 1.29 is 31.4 Å². The molecule has 0 fully saturated rings. The van der Waals surface area contributed by atoms with Crippen molar-refractivity contribution in [3.05, 3.63) is 0 Å². The van der Waals surface area contributed by atoms with E-state index < -0.39 is 0 Å². The van der Waals surface area contributed by atoms with Crippen LogP contribution >= 0.6 is 0 Å². The summed E-state index contributed by atoms with van der Waals surface area (Å²) in [5.74, 6) is 0.257. The van der Waals surface area contributed by atoms with E-state index in [4.69, 9.17) is 18.9 Å². The fourth-order valence-electron chi connectivity index (χ4n) is 1.76. The monoisotopic (exact) mass is 380 g/mol. The minimum atomic E-state index is -0.251. The van der Waals surface area contributed by atoms with Gasteiger partial charge >= 0.3 is 6.03 Å². The van der Waals surface area contributed by atoms with Crippen LogP contribution in [0.15, 0.2) is 0 Å². The molecule has 26 heavy (non-hydrogen) atoms. The third-order valence-electron chi connectivity index (χ3n) is 3.25. The Bertz CT molecular complexity index is 374. The van der Waals surface area contributed by atoms with E-state index in [-0.39, 0.29) is 26.7 Å². The molecule has 8 heteroatoms. The second-order valence-corrected chi connectivity index (χ2v) is 6.31. The summed E-state index contributed by atoms with van der Waals surface area (Å²) < 4.78 is 21.3. The molecule has 0 aromatic carbocycles. The van der Waals surface area contributed by atoms with Crippen LogP contribution in [0.1, 0.15) is 37.0 Å². The normalized spacial score (nSPS) is 11.2. The lowest BCUT2D eigenvalue weighted by atomic mass is 10.1. The quantitative estimate of drug-likeness (QED) is 0.374. The molecular formula is C18H40N2O6. The highest BCUT2D eigenvalue weighted by Crippen LogP contribution is 1.98. The Morgan fingerprint density at radius 3 is 1.77 bits per heavy atom. The predicted octanol–water partition coefficient (Wildman–Crippen LogP) is 1.87. The van der Waals surface area contributed by atoms with Gasteiger partial charge in [0.05, 0.1) is 52.4 Å². The van der Waals surface area contributed by atoms with E-state index in [0.717, 1.165) is 0 Å². The number of ketones is 1. The van der Waals surface area contributed by atoms with E-state index >= 15 is 0 Å². The maximum absolute atomic E-state index is 11.5. The fraction of sp³-hybridized carbons (Fsp3) is 0.889. The zero-order valence-electron chi connectivity index (χ0n) is 16.7. The molecule has 0 radical (unpaired) electrons. The highest BCUT2D eigenvalue weighted by Gasteiger charge is 2.06. The highest BCUT2D eigenvalue weighted by atomic mass is 16.5. The molecule has 8 nitrogen and oxygen atoms in total. The van der Waals surface area contributed by atoms with Crippen molar-refractivity contribution in [1.82, 2.24) is 10.6 Å². The maximum atomic E-state index is 11.5. The zero-order chi connectivity index (χ0) is 19.6. The van der Waals surface area contributed by atoms with Crippen molar-refractivity contribution in [3.63, 3.8) is 0 Å². The molecule has 2 N–H and O–H groups in total. The third-order valence-corrected chi connectivity index (χ3v) is 3.25. The maximum Gasteiger partial charge on any atom is 0.314 e. The molecule has 0 saturated carbocycles. The number of hydrogen-bond acceptors (Lipinski definition) is 6. The van der Waals surface area contributed by atoms with Gasteiger partial charge in [-0.1, -0.05) is 13.8 Å². The van der Waals surface area contributed by atoms with Crippen molar-refractivity contribution in [2.45, 2.75) is 40.2 Å². The van der Waals surface area contributed by atoms with Crippen molar-refractivity contribution in [2.24, 2.45) is 5.92 Å². The molecule has 0 spiro atoms. The molecule has 0 bridgehead atoms. The molecule has 0 aliphatic carbocycles. The SMILES string of the molecule is CC(C)OCCOCCNC(=O)NCCOCCOCCC(=O)C(C)C.[HH].[HH]. The third kappa shape index (κ3) is 17.6. The zero-order valence-corrected chi connectivity index (χ0v) is 16.7. The van der Waals surface area contributed by atoms with Crippen LogP contribution in [0.3, 0.4) is 0 Å². The van der Waals surface area contributed by atoms with Gasteiger partial charge in [-0.05, 0) is 13.8 Å². The number of carbonyl (C=O) groups is 2. The average Bonchev–Trinajstić information content (AvgIpc) is 2.58. The summed E-state index contributed by atoms with van der Waals surface area (Å²) in [6.07, 6.45) is 0.638. The molecule has 0 aliphatic rings. The summed E-state index contributed by atoms with van der Waals surface area (Å²) in [5.41, 5.74) is 0. The largest absolute Gasteiger partial charge is 0.379 e. The molecule has 0 aromatic rings. The molecule has 0 aromatic heterocycles. The standard InChI is InChI=1S/C18H36N2O6.2H2/c1-15(2)17(21)5-8-23-11-12-24-9-6-19-18(22)20-7-10-25-13-14-26-16(3)4;;/h15-16H,5-14H2,1-4H3,(H2,19,20,22);2*1H. The van der Waals surface area contributed by atoms with Gasteiger partial charge < -0.3 is 29.6 Å². The lowest BCUT2D eigenvalue weighted by molar-refractivity contribution is -0.123. The Labute approximate surface area is 160 Å². The second kappa shape index (κ2) is 17.2. The van der Waals surface area contributed by atoms with Gasteiger partial charge in [0.1, 0.15) is 5.78 Å². The number of Topliss-reactive ketones (excluding diaryl/α,β-unsaturated/α-hetero) is 1. The first-order valence-electron chi connectivity index (χ1n) is 9.32. The van der Waals surface area contributed by atoms with E-state index in [1.54, 1.807) is 0 Å². The first-order chi connectivity index (χ1) is 12.4. The van der Waals surface area contributed by atoms with Gasteiger partial charge in [0.2, 0.25) is 0 Å². The van der Waals surface area contributed by atoms with Crippen LogP contribution in [0.2, 0.25) is 0 Å². The molecule has 0 aliphatic heterocycles. The van der Waals surface area contributed by atoms with Gasteiger partial charge in [0.15, 0.2) is 0 Å². The van der Waals surface area contributed by atoms with Crippen LogP contribution in [0.5, 0.6) is 0 Å². The van der Waals surface area contributed by atoms with Crippen molar-refractivity contribution in [2.75, 3.05) is 59.3 Å². The van der Waals surface area contributed by atoms with Gasteiger partial charge in [-0.3, -0.25) is 4.79 Å². The van der Waals surface area contributed by atoms with Crippen LogP contribution in [0.25, 0.3) is 0 Å². The smallest absolute Gasteiger partial charge is 0.314 e. The Morgan fingerprint density at radius 2 is 1.27 bits per heavy atom. The minimum Gasteiger partial charge on any atom is -0.379 e. The average molecular weight is 381 g/mol. The summed E-state index contributed by atoms with van der Waals surface area (Å²) in [7, 11) is 0. The summed E-state index contributed by atoms with van der Waals surface area (Å²) in [5, 5.41) is 5.38. The first kappa shape index (κ1) is 24.8. The lowest BCUT2D eigenvalue weighted by Crippen LogP contribution is -2.39. The van der Waals surface area contributed by atoms with E-state index in [1.165, 1.54) is 0 Å². The van der Waals surface area contributed by atoms with Crippen molar-refractivity contribution >= 4 is 11.8 Å². The van der Waals surface area contributed by atoms with Gasteiger partial charge in [-0.15, -0.1) is 0 Å². The van der Waals surface area contributed by atoms with Crippen LogP contribution in [0.4, 0.5) is 4.79 Å². The first-order valence-corrected chi connectivity index (χ1v) is 9.32. The van der Waals surface area contributed by atoms with Gasteiger partial charge in [0.25, 0.3) is 0 Å². The van der Waals surface area contributed by atoms with E-state index in [2.05, 4.69) is 10.6 Å². The molecule has 0 unspecified atom stereocenters. The predicted molar refractivity (Wildman–Crippen MR) is 104 cm³/mol. The molecule has 0 atom stereocenters. The van der Waals surface area contributed by atoms with E-state index in [0.29, 0.717) is 65.8 Å². The molecule has 0 heterocycles. The topological polar surface area (TPSA) is 95.1 Å². The van der Waals surface area contributed by atoms with Crippen LogP contribution in [-0.4, -0.2) is 77.3 Å². The Balaban J connectivity index is -0.00000312. The van der Waals surface area contributed by atoms with Gasteiger partial charge in [0, 0.05) is 28.3 Å². The molecule has 0 saturated heterocycles. The van der Waals surface area contributed by atoms with Gasteiger partial charge in [-0.2, -0.15) is 0 Å². The van der Waals surface area contributed by atoms with E-state index in [9.17, 15) is 9.59 Å². The number of carbonyl (C=O) groups excluding carboxylic acids is 2. The molecule has 158 valence electrons. The number of urea groups is 1. The Kier molecular flexibility index (Phi) is 16.4. The number of amides is 2. The van der Waals surface area contributed by atoms with Crippen molar-refractivity contribution in [3.8, 4) is 0 Å².